The van der Waals surface area contributed by atoms with Crippen LogP contribution in [0.3, 0.4) is 0 Å². The van der Waals surface area contributed by atoms with Gasteiger partial charge in [-0.1, -0.05) is 0 Å². The summed E-state index contributed by atoms with van der Waals surface area (Å²) in [4.78, 5) is 36.4. The smallest absolute Gasteiger partial charge is 0.348 e. The van der Waals surface area contributed by atoms with Gasteiger partial charge in [0.25, 0.3) is 5.91 Å². The van der Waals surface area contributed by atoms with Gasteiger partial charge < -0.3 is 14.6 Å². The summed E-state index contributed by atoms with van der Waals surface area (Å²) in [5, 5.41) is 21.0. The number of esters is 1. The predicted molar refractivity (Wildman–Crippen MR) is 91.7 cm³/mol. The van der Waals surface area contributed by atoms with Gasteiger partial charge in [0.1, 0.15) is 0 Å². The van der Waals surface area contributed by atoms with Crippen molar-refractivity contribution in [3.8, 4) is 5.69 Å². The van der Waals surface area contributed by atoms with Crippen LogP contribution in [-0.4, -0.2) is 68.3 Å². The van der Waals surface area contributed by atoms with Crippen LogP contribution in [0.2, 0.25) is 0 Å². The van der Waals surface area contributed by atoms with Gasteiger partial charge in [0.05, 0.1) is 31.2 Å². The quantitative estimate of drug-likeness (QED) is 0.681. The number of carbonyl (C=O) groups is 3. The summed E-state index contributed by atoms with van der Waals surface area (Å²) in [6, 6.07) is 3.29. The fourth-order valence-electron chi connectivity index (χ4n) is 2.49. The van der Waals surface area contributed by atoms with Gasteiger partial charge >= 0.3 is 11.9 Å². The molecule has 1 unspecified atom stereocenters. The van der Waals surface area contributed by atoms with Crippen molar-refractivity contribution >= 4 is 36.1 Å². The number of carboxylic acids is 1. The number of nitrogens with zero attached hydrogens (tertiary/aromatic N) is 5. The Bertz CT molecular complexity index is 829. The molecule has 1 aliphatic heterocycles. The summed E-state index contributed by atoms with van der Waals surface area (Å²) >= 11 is 0. The molecule has 0 spiro atoms. The van der Waals surface area contributed by atoms with Gasteiger partial charge in [0, 0.05) is 19.2 Å². The summed E-state index contributed by atoms with van der Waals surface area (Å²) < 4.78 is 11.5. The van der Waals surface area contributed by atoms with Crippen LogP contribution in [0.1, 0.15) is 6.92 Å². The van der Waals surface area contributed by atoms with Gasteiger partial charge in [-0.3, -0.25) is 14.5 Å². The van der Waals surface area contributed by atoms with Gasteiger partial charge in [-0.25, -0.2) is 9.48 Å². The lowest BCUT2D eigenvalue weighted by molar-refractivity contribution is -0.177. The van der Waals surface area contributed by atoms with E-state index in [1.165, 1.54) is 22.0 Å². The van der Waals surface area contributed by atoms with E-state index in [1.54, 1.807) is 18.3 Å². The van der Waals surface area contributed by atoms with Crippen LogP contribution in [0.5, 0.6) is 0 Å². The van der Waals surface area contributed by atoms with Crippen LogP contribution in [0, 0.1) is 0 Å². The zero-order valence-corrected chi connectivity index (χ0v) is 14.9. The van der Waals surface area contributed by atoms with Gasteiger partial charge in [0.2, 0.25) is 6.10 Å². The third-order valence-corrected chi connectivity index (χ3v) is 3.62. The van der Waals surface area contributed by atoms with Gasteiger partial charge in [0.15, 0.2) is 11.9 Å². The minimum Gasteiger partial charge on any atom is -0.478 e. The molecule has 144 valence electrons. The Morgan fingerprint density at radius 3 is 2.78 bits per heavy atom. The molecule has 2 aromatic rings. The average Bonchev–Trinajstić information content (AvgIpc) is 3.10. The van der Waals surface area contributed by atoms with Crippen molar-refractivity contribution in [3.63, 3.8) is 0 Å². The lowest BCUT2D eigenvalue weighted by Crippen LogP contribution is -2.55. The Balaban J connectivity index is 0.00000261. The Hall–Kier alpha value is -3.05. The second-order valence-corrected chi connectivity index (χ2v) is 5.37. The number of hydrogen-bond donors (Lipinski definition) is 1. The Kier molecular flexibility index (Phi) is 6.42. The van der Waals surface area contributed by atoms with E-state index in [0.717, 1.165) is 6.92 Å². The molecule has 0 saturated carbocycles. The predicted octanol–water partition coefficient (Wildman–Crippen LogP) is -0.168. The zero-order chi connectivity index (χ0) is 18.7. The van der Waals surface area contributed by atoms with Gasteiger partial charge in [-0.2, -0.15) is 10.2 Å². The Morgan fingerprint density at radius 1 is 1.37 bits per heavy atom. The number of amides is 1. The van der Waals surface area contributed by atoms with E-state index in [2.05, 4.69) is 15.3 Å². The Labute approximate surface area is 159 Å². The molecule has 1 fully saturated rings. The highest BCUT2D eigenvalue weighted by molar-refractivity contribution is 5.99. The topological polar surface area (TPSA) is 137 Å². The molecule has 0 aliphatic carbocycles. The van der Waals surface area contributed by atoms with E-state index in [-0.39, 0.29) is 25.6 Å². The number of carbonyl (C=O) groups excluding carboxylic acids is 2. The summed E-state index contributed by atoms with van der Waals surface area (Å²) in [7, 11) is 0. The first-order valence-corrected chi connectivity index (χ1v) is 7.63. The summed E-state index contributed by atoms with van der Waals surface area (Å²) in [5.74, 6) is -2.62. The molecule has 0 radical (unpaired) electrons. The molecule has 11 nitrogen and oxygen atoms in total. The van der Waals surface area contributed by atoms with Crippen molar-refractivity contribution in [1.82, 2.24) is 20.0 Å². The normalized spacial score (nSPS) is 17.7. The maximum atomic E-state index is 12.7. The average molecular weight is 398 g/mol. The number of aliphatic carboxylic acids is 1. The van der Waals surface area contributed by atoms with E-state index in [0.29, 0.717) is 11.5 Å². The van der Waals surface area contributed by atoms with Crippen LogP contribution in [-0.2, 0) is 23.9 Å². The molecule has 12 heteroatoms. The fourth-order valence-corrected chi connectivity index (χ4v) is 2.49. The first kappa shape index (κ1) is 20.3. The SMILES string of the molecule is CC(=O)O[C@@H](C(=O)O)C1OCCN(c2ccn(-c3ccnnc3)n2)C1=O.Cl. The first-order chi connectivity index (χ1) is 12.5. The van der Waals surface area contributed by atoms with Crippen molar-refractivity contribution in [1.29, 1.82) is 0 Å². The molecule has 3 heterocycles. The Morgan fingerprint density at radius 2 is 2.15 bits per heavy atom. The third kappa shape index (κ3) is 4.38. The van der Waals surface area contributed by atoms with Gasteiger partial charge in [-0.05, 0) is 6.07 Å². The molecular formula is C15H16ClN5O6. The highest BCUT2D eigenvalue weighted by Crippen LogP contribution is 2.21. The van der Waals surface area contributed by atoms with E-state index in [9.17, 15) is 19.5 Å². The number of anilines is 1. The number of carboxylic acid groups (broad SMARTS) is 1. The fraction of sp³-hybridized carbons (Fsp3) is 0.333. The van der Waals surface area contributed by atoms with Gasteiger partial charge in [-0.15, -0.1) is 17.5 Å². The molecule has 1 aliphatic rings. The summed E-state index contributed by atoms with van der Waals surface area (Å²) in [5.41, 5.74) is 0.645. The monoisotopic (exact) mass is 397 g/mol. The van der Waals surface area contributed by atoms with Crippen LogP contribution in [0.15, 0.2) is 30.7 Å². The number of morpholine rings is 1. The molecule has 0 aromatic carbocycles. The standard InChI is InChI=1S/C15H15N5O6.ClH/c1-9(21)26-13(15(23)24)12-14(22)19(6-7-25-12)11-3-5-20(18-11)10-2-4-16-17-8-10;/h2-5,8,12-13H,6-7H2,1H3,(H,23,24);1H/t12?,13-;/m1./s1. The van der Waals surface area contributed by atoms with Crippen molar-refractivity contribution in [2.45, 2.75) is 19.1 Å². The lowest BCUT2D eigenvalue weighted by atomic mass is 10.1. The van der Waals surface area contributed by atoms with Crippen LogP contribution in [0.25, 0.3) is 5.69 Å². The zero-order valence-electron chi connectivity index (χ0n) is 14.1. The van der Waals surface area contributed by atoms with Crippen LogP contribution in [0.4, 0.5) is 5.82 Å². The molecule has 0 bridgehead atoms. The molecule has 2 aromatic heterocycles. The van der Waals surface area contributed by atoms with E-state index < -0.39 is 30.1 Å². The molecule has 3 rings (SSSR count). The molecule has 1 amide bonds. The van der Waals surface area contributed by atoms with Crippen molar-refractivity contribution in [2.75, 3.05) is 18.1 Å². The first-order valence-electron chi connectivity index (χ1n) is 7.63. The third-order valence-electron chi connectivity index (χ3n) is 3.62. The van der Waals surface area contributed by atoms with Crippen molar-refractivity contribution < 1.29 is 29.0 Å². The second-order valence-electron chi connectivity index (χ2n) is 5.37. The number of aromatic nitrogens is 4. The van der Waals surface area contributed by atoms with Crippen LogP contribution >= 0.6 is 12.4 Å². The number of ether oxygens (including phenoxy) is 2. The number of halogens is 1. The molecular weight excluding hydrogens is 382 g/mol. The highest BCUT2D eigenvalue weighted by atomic mass is 35.5. The summed E-state index contributed by atoms with van der Waals surface area (Å²) in [6.45, 7) is 1.32. The number of rotatable bonds is 5. The molecule has 27 heavy (non-hydrogen) atoms. The maximum Gasteiger partial charge on any atom is 0.348 e. The lowest BCUT2D eigenvalue weighted by Gasteiger charge is -2.33. The highest BCUT2D eigenvalue weighted by Gasteiger charge is 2.43. The van der Waals surface area contributed by atoms with Crippen molar-refractivity contribution in [2.24, 2.45) is 0 Å². The van der Waals surface area contributed by atoms with E-state index >= 15 is 0 Å². The van der Waals surface area contributed by atoms with E-state index in [1.807, 2.05) is 0 Å². The maximum absolute atomic E-state index is 12.7. The molecule has 1 N–H and O–H groups in total. The minimum absolute atomic E-state index is 0. The van der Waals surface area contributed by atoms with E-state index in [4.69, 9.17) is 9.47 Å². The molecule has 2 atom stereocenters. The molecule has 1 saturated heterocycles. The summed E-state index contributed by atoms with van der Waals surface area (Å²) in [6.07, 6.45) is 1.46. The minimum atomic E-state index is -1.73. The van der Waals surface area contributed by atoms with Crippen molar-refractivity contribution in [3.05, 3.63) is 30.7 Å². The second kappa shape index (κ2) is 8.56. The van der Waals surface area contributed by atoms with Crippen LogP contribution < -0.4 is 4.90 Å². The number of hydrogen-bond acceptors (Lipinski definition) is 8. The largest absolute Gasteiger partial charge is 0.478 e.